The molecule has 2 fully saturated rings. The lowest BCUT2D eigenvalue weighted by atomic mass is 9.44. The Morgan fingerprint density at radius 1 is 0.754 bits per heavy atom. The van der Waals surface area contributed by atoms with Gasteiger partial charge in [-0.15, -0.1) is 0 Å². The summed E-state index contributed by atoms with van der Waals surface area (Å²) in [6.45, 7) is -0.471. The molecule has 1 N–H and O–H groups in total. The van der Waals surface area contributed by atoms with Gasteiger partial charge in [0.25, 0.3) is 0 Å². The molecule has 8 rings (SSSR count). The van der Waals surface area contributed by atoms with Crippen molar-refractivity contribution in [3.05, 3.63) is 149 Å². The number of Topliss-reactive ketones (excluding diaryl/α,β-unsaturated/α-hetero) is 1. The molecule has 0 radical (unpaired) electrons. The van der Waals surface area contributed by atoms with E-state index in [1.165, 1.54) is 6.08 Å². The predicted octanol–water partition coefficient (Wildman–Crippen LogP) is 8.12. The van der Waals surface area contributed by atoms with Crippen LogP contribution in [0.5, 0.6) is 5.75 Å². The van der Waals surface area contributed by atoms with Crippen LogP contribution in [0.15, 0.2) is 121 Å². The van der Waals surface area contributed by atoms with Gasteiger partial charge in [-0.25, -0.2) is 4.90 Å². The number of ether oxygens (including phenoxy) is 1. The Kier molecular flexibility index (Phi) is 9.34. The van der Waals surface area contributed by atoms with Crippen LogP contribution in [0.3, 0.4) is 0 Å². The molecule has 1 saturated carbocycles. The lowest BCUT2D eigenvalue weighted by Gasteiger charge is -2.55. The first-order valence-corrected chi connectivity index (χ1v) is 18.3. The normalized spacial score (nSPS) is 26.0. The number of aliphatic hydroxyl groups is 1. The maximum absolute atomic E-state index is 15.2. The first-order valence-electron chi connectivity index (χ1n) is 18.3. The minimum Gasteiger partial charge on any atom is -0.491 e. The van der Waals surface area contributed by atoms with E-state index in [9.17, 15) is 41.0 Å². The van der Waals surface area contributed by atoms with Gasteiger partial charge in [0.1, 0.15) is 12.4 Å². The maximum atomic E-state index is 15.2. The fourth-order valence-corrected chi connectivity index (χ4v) is 9.55. The van der Waals surface area contributed by atoms with Gasteiger partial charge in [0.15, 0.2) is 11.6 Å². The number of carbonyl (C=O) groups is 4. The number of anilines is 1. The minimum absolute atomic E-state index is 0.0734. The van der Waals surface area contributed by atoms with Crippen LogP contribution in [-0.2, 0) is 36.9 Å². The third-order valence-electron chi connectivity index (χ3n) is 11.8. The number of ketones is 2. The number of carbonyl (C=O) groups excluding carboxylic acids is 4. The van der Waals surface area contributed by atoms with Crippen molar-refractivity contribution >= 4 is 34.6 Å². The molecule has 1 aliphatic heterocycles. The van der Waals surface area contributed by atoms with Gasteiger partial charge in [-0.05, 0) is 60.2 Å². The summed E-state index contributed by atoms with van der Waals surface area (Å²) < 4.78 is 89.7. The molecule has 292 valence electrons. The Morgan fingerprint density at radius 3 is 2.00 bits per heavy atom. The van der Waals surface area contributed by atoms with Gasteiger partial charge < -0.3 is 9.84 Å². The second-order valence-corrected chi connectivity index (χ2v) is 14.7. The average Bonchev–Trinajstić information content (AvgIpc) is 3.46. The van der Waals surface area contributed by atoms with Crippen molar-refractivity contribution in [3.8, 4) is 5.75 Å². The Hall–Kier alpha value is -5.82. The first-order chi connectivity index (χ1) is 27.2. The molecule has 4 aromatic carbocycles. The van der Waals surface area contributed by atoms with Gasteiger partial charge in [0, 0.05) is 23.0 Å². The Bertz CT molecular complexity index is 2320. The molecule has 6 unspecified atom stereocenters. The number of nitrogens with zero attached hydrogens (tertiary/aromatic N) is 1. The quantitative estimate of drug-likeness (QED) is 0.116. The highest BCUT2D eigenvalue weighted by Gasteiger charge is 2.66. The van der Waals surface area contributed by atoms with E-state index in [4.69, 9.17) is 4.74 Å². The first kappa shape index (κ1) is 38.1. The molecule has 0 bridgehead atoms. The Morgan fingerprint density at radius 2 is 1.37 bits per heavy atom. The van der Waals surface area contributed by atoms with Gasteiger partial charge in [-0.2, -0.15) is 26.3 Å². The van der Waals surface area contributed by atoms with E-state index in [-0.39, 0.29) is 43.4 Å². The summed E-state index contributed by atoms with van der Waals surface area (Å²) in [5, 5.41) is 9.70. The number of aliphatic hydroxyl groups excluding tert-OH is 1. The number of hydrogen-bond acceptors (Lipinski definition) is 6. The average molecular weight is 786 g/mol. The van der Waals surface area contributed by atoms with Crippen LogP contribution in [0.25, 0.3) is 5.57 Å². The molecular formula is C44H33F6NO6. The summed E-state index contributed by atoms with van der Waals surface area (Å²) in [5.41, 5.74) is -3.78. The van der Waals surface area contributed by atoms with E-state index in [2.05, 4.69) is 0 Å². The van der Waals surface area contributed by atoms with Crippen molar-refractivity contribution in [2.24, 2.45) is 23.7 Å². The molecule has 3 aliphatic carbocycles. The molecule has 2 amide bonds. The lowest BCUT2D eigenvalue weighted by molar-refractivity contribution is -0.143. The van der Waals surface area contributed by atoms with Crippen molar-refractivity contribution in [1.29, 1.82) is 0 Å². The van der Waals surface area contributed by atoms with Gasteiger partial charge in [-0.3, -0.25) is 19.2 Å². The number of allylic oxidation sites excluding steroid dienone is 4. The van der Waals surface area contributed by atoms with Gasteiger partial charge in [0.2, 0.25) is 11.8 Å². The number of halogens is 6. The number of amides is 2. The third-order valence-corrected chi connectivity index (χ3v) is 11.8. The van der Waals surface area contributed by atoms with E-state index in [0.29, 0.717) is 39.3 Å². The predicted molar refractivity (Wildman–Crippen MR) is 195 cm³/mol. The Labute approximate surface area is 322 Å². The van der Waals surface area contributed by atoms with Crippen LogP contribution in [0.1, 0.15) is 46.6 Å². The van der Waals surface area contributed by atoms with Crippen molar-refractivity contribution in [2.45, 2.75) is 36.5 Å². The number of alkyl halides is 6. The molecule has 1 saturated heterocycles. The highest BCUT2D eigenvalue weighted by Crippen LogP contribution is 2.64. The van der Waals surface area contributed by atoms with Crippen LogP contribution >= 0.6 is 0 Å². The van der Waals surface area contributed by atoms with Crippen molar-refractivity contribution in [2.75, 3.05) is 18.1 Å². The van der Waals surface area contributed by atoms with Crippen LogP contribution < -0.4 is 9.64 Å². The van der Waals surface area contributed by atoms with E-state index in [0.717, 1.165) is 0 Å². The van der Waals surface area contributed by atoms with Gasteiger partial charge >= 0.3 is 12.4 Å². The minimum atomic E-state index is -5.23. The van der Waals surface area contributed by atoms with Crippen LogP contribution in [0, 0.1) is 23.7 Å². The summed E-state index contributed by atoms with van der Waals surface area (Å²) in [7, 11) is 0. The van der Waals surface area contributed by atoms with Crippen LogP contribution in [-0.4, -0.2) is 41.7 Å². The number of para-hydroxylation sites is 1. The molecular weight excluding hydrogens is 752 g/mol. The maximum Gasteiger partial charge on any atom is 0.416 e. The lowest BCUT2D eigenvalue weighted by Crippen LogP contribution is -2.58. The monoisotopic (exact) mass is 785 g/mol. The molecule has 7 nitrogen and oxygen atoms in total. The molecule has 0 aromatic heterocycles. The zero-order chi connectivity index (χ0) is 40.4. The fraction of sp³-hybridized carbons (Fsp3) is 0.273. The standard InChI is InChI=1S/C44H33F6NO6/c45-43(46,47)26-19-27(44(48,49)50)21-28(20-26)51-40(55)31-16-15-29-33(37(31)41(51)56)22-34-39(54)32(24-9-3-1-4-10-24)23-36(53)42(34,25-11-5-2-6-12-25)38(29)30-13-7-8-14-35(30)57-18-17-52/h1-15,19-21,23,31,33-34,37-38,52H,16-18,22H2. The fourth-order valence-electron chi connectivity index (χ4n) is 9.55. The van der Waals surface area contributed by atoms with E-state index in [1.807, 2.05) is 0 Å². The van der Waals surface area contributed by atoms with Crippen molar-refractivity contribution in [1.82, 2.24) is 0 Å². The number of imide groups is 1. The number of hydrogen-bond donors (Lipinski definition) is 1. The van der Waals surface area contributed by atoms with E-state index < -0.39 is 87.6 Å². The molecule has 6 atom stereocenters. The highest BCUT2D eigenvalue weighted by molar-refractivity contribution is 6.32. The summed E-state index contributed by atoms with van der Waals surface area (Å²) in [6.07, 6.45) is -7.67. The molecule has 13 heteroatoms. The highest BCUT2D eigenvalue weighted by atomic mass is 19.4. The third kappa shape index (κ3) is 6.10. The number of benzene rings is 4. The summed E-state index contributed by atoms with van der Waals surface area (Å²) in [6, 6.07) is 24.7. The molecule has 0 spiro atoms. The van der Waals surface area contributed by atoms with Crippen molar-refractivity contribution < 1.29 is 55.4 Å². The molecule has 4 aliphatic rings. The zero-order valence-electron chi connectivity index (χ0n) is 29.9. The van der Waals surface area contributed by atoms with Gasteiger partial charge in [-0.1, -0.05) is 90.5 Å². The number of rotatable bonds is 7. The summed E-state index contributed by atoms with van der Waals surface area (Å²) in [4.78, 5) is 59.5. The second-order valence-electron chi connectivity index (χ2n) is 14.7. The second kappa shape index (κ2) is 14.0. The largest absolute Gasteiger partial charge is 0.491 e. The molecule has 1 heterocycles. The van der Waals surface area contributed by atoms with Crippen LogP contribution in [0.4, 0.5) is 32.0 Å². The van der Waals surface area contributed by atoms with E-state index >= 15 is 9.59 Å². The smallest absolute Gasteiger partial charge is 0.416 e. The van der Waals surface area contributed by atoms with Crippen LogP contribution in [0.2, 0.25) is 0 Å². The Balaban J connectivity index is 1.34. The summed E-state index contributed by atoms with van der Waals surface area (Å²) in [5.74, 6) is -8.10. The number of fused-ring (bicyclic) bond motifs is 4. The molecule has 4 aromatic rings. The molecule has 57 heavy (non-hydrogen) atoms. The topological polar surface area (TPSA) is 101 Å². The SMILES string of the molecule is O=C1C(c2ccccc2)=CC(=O)C2(c3ccccc3)C1CC1C(=CCC3C(=O)N(c4cc(C(F)(F)F)cc(C(F)(F)F)c4)C(=O)C31)C2c1ccccc1OCCO. The zero-order valence-corrected chi connectivity index (χ0v) is 29.9. The summed E-state index contributed by atoms with van der Waals surface area (Å²) >= 11 is 0. The van der Waals surface area contributed by atoms with E-state index in [1.54, 1.807) is 91.0 Å². The van der Waals surface area contributed by atoms with Crippen molar-refractivity contribution in [3.63, 3.8) is 0 Å². The van der Waals surface area contributed by atoms with Gasteiger partial charge in [0.05, 0.1) is 40.7 Å².